The van der Waals surface area contributed by atoms with E-state index >= 15 is 0 Å². The Morgan fingerprint density at radius 1 is 1.04 bits per heavy atom. The molecule has 0 radical (unpaired) electrons. The molecule has 0 aromatic heterocycles. The van der Waals surface area contributed by atoms with Crippen LogP contribution in [0.1, 0.15) is 31.7 Å². The number of benzene rings is 2. The quantitative estimate of drug-likeness (QED) is 0.752. The zero-order valence-corrected chi connectivity index (χ0v) is 15.3. The Morgan fingerprint density at radius 3 is 2.36 bits per heavy atom. The third-order valence-corrected chi connectivity index (χ3v) is 3.94. The van der Waals surface area contributed by atoms with E-state index in [2.05, 4.69) is 36.6 Å². The zero-order chi connectivity index (χ0) is 18.2. The summed E-state index contributed by atoms with van der Waals surface area (Å²) in [7, 11) is 3.15. The number of amides is 1. The molecule has 0 fully saturated rings. The molecule has 0 heterocycles. The summed E-state index contributed by atoms with van der Waals surface area (Å²) in [5.74, 6) is 1.70. The lowest BCUT2D eigenvalue weighted by molar-refractivity contribution is -0.116. The molecule has 0 saturated carbocycles. The van der Waals surface area contributed by atoms with E-state index in [-0.39, 0.29) is 5.91 Å². The average molecular weight is 342 g/mol. The predicted molar refractivity (Wildman–Crippen MR) is 102 cm³/mol. The summed E-state index contributed by atoms with van der Waals surface area (Å²) in [6, 6.07) is 13.6. The van der Waals surface area contributed by atoms with Crippen LogP contribution in [0.25, 0.3) is 0 Å². The van der Waals surface area contributed by atoms with Crippen molar-refractivity contribution in [1.82, 2.24) is 0 Å². The third-order valence-electron chi connectivity index (χ3n) is 3.94. The van der Waals surface area contributed by atoms with Crippen molar-refractivity contribution in [3.05, 3.63) is 48.0 Å². The number of hydrogen-bond acceptors (Lipinski definition) is 4. The highest BCUT2D eigenvalue weighted by molar-refractivity contribution is 5.92. The van der Waals surface area contributed by atoms with Crippen LogP contribution in [0.4, 0.5) is 11.4 Å². The molecule has 2 aromatic carbocycles. The number of rotatable bonds is 8. The van der Waals surface area contributed by atoms with Crippen molar-refractivity contribution >= 4 is 17.3 Å². The van der Waals surface area contributed by atoms with Crippen LogP contribution in [0, 0.1) is 0 Å². The van der Waals surface area contributed by atoms with E-state index in [1.807, 2.05) is 12.1 Å². The van der Waals surface area contributed by atoms with Gasteiger partial charge in [0.2, 0.25) is 5.91 Å². The second-order valence-corrected chi connectivity index (χ2v) is 6.07. The van der Waals surface area contributed by atoms with Crippen molar-refractivity contribution in [3.8, 4) is 11.5 Å². The molecule has 0 aliphatic carbocycles. The molecule has 0 spiro atoms. The molecule has 5 heteroatoms. The molecule has 134 valence electrons. The first kappa shape index (κ1) is 18.6. The van der Waals surface area contributed by atoms with Gasteiger partial charge in [0, 0.05) is 24.7 Å². The normalized spacial score (nSPS) is 10.4. The fraction of sp³-hybridized carbons (Fsp3) is 0.350. The van der Waals surface area contributed by atoms with E-state index < -0.39 is 0 Å². The largest absolute Gasteiger partial charge is 0.497 e. The number of anilines is 2. The maximum absolute atomic E-state index is 12.2. The van der Waals surface area contributed by atoms with Gasteiger partial charge in [-0.1, -0.05) is 26.0 Å². The number of hydrogen-bond donors (Lipinski definition) is 2. The van der Waals surface area contributed by atoms with Gasteiger partial charge < -0.3 is 20.1 Å². The summed E-state index contributed by atoms with van der Waals surface area (Å²) < 4.78 is 10.4. The first-order valence-electron chi connectivity index (χ1n) is 8.39. The van der Waals surface area contributed by atoms with Crippen LogP contribution < -0.4 is 20.1 Å². The summed E-state index contributed by atoms with van der Waals surface area (Å²) in [5, 5.41) is 6.12. The molecule has 2 rings (SSSR count). The van der Waals surface area contributed by atoms with Crippen LogP contribution >= 0.6 is 0 Å². The van der Waals surface area contributed by atoms with Crippen LogP contribution in [0.15, 0.2) is 42.5 Å². The van der Waals surface area contributed by atoms with Crippen molar-refractivity contribution in [2.24, 2.45) is 0 Å². The topological polar surface area (TPSA) is 59.6 Å². The van der Waals surface area contributed by atoms with Gasteiger partial charge in [0.15, 0.2) is 0 Å². The van der Waals surface area contributed by atoms with E-state index in [9.17, 15) is 4.79 Å². The lowest BCUT2D eigenvalue weighted by Gasteiger charge is -2.12. The van der Waals surface area contributed by atoms with Crippen molar-refractivity contribution in [1.29, 1.82) is 0 Å². The van der Waals surface area contributed by atoms with E-state index in [4.69, 9.17) is 9.47 Å². The van der Waals surface area contributed by atoms with Crippen LogP contribution in [0.5, 0.6) is 11.5 Å². The molecule has 0 saturated heterocycles. The minimum atomic E-state index is -0.0853. The van der Waals surface area contributed by atoms with Crippen LogP contribution in [0.3, 0.4) is 0 Å². The Bertz CT molecular complexity index is 697. The van der Waals surface area contributed by atoms with Crippen molar-refractivity contribution in [3.63, 3.8) is 0 Å². The summed E-state index contributed by atoms with van der Waals surface area (Å²) in [6.45, 7) is 4.89. The standard InChI is InChI=1S/C20H26N2O3/c1-14(2)15-5-7-16(8-6-15)21-12-11-20(23)22-18-13-17(24-3)9-10-19(18)25-4/h5-10,13-14,21H,11-12H2,1-4H3,(H,22,23). The Labute approximate surface area is 149 Å². The Balaban J connectivity index is 1.86. The molecular weight excluding hydrogens is 316 g/mol. The minimum Gasteiger partial charge on any atom is -0.497 e. The Morgan fingerprint density at radius 2 is 1.76 bits per heavy atom. The third kappa shape index (κ3) is 5.41. The number of nitrogens with one attached hydrogen (secondary N) is 2. The minimum absolute atomic E-state index is 0.0853. The molecule has 0 bridgehead atoms. The molecule has 5 nitrogen and oxygen atoms in total. The van der Waals surface area contributed by atoms with Gasteiger partial charge in [-0.2, -0.15) is 0 Å². The zero-order valence-electron chi connectivity index (χ0n) is 15.3. The molecule has 0 atom stereocenters. The monoisotopic (exact) mass is 342 g/mol. The van der Waals surface area contributed by atoms with Gasteiger partial charge in [0.1, 0.15) is 11.5 Å². The van der Waals surface area contributed by atoms with Gasteiger partial charge in [-0.25, -0.2) is 0 Å². The van der Waals surface area contributed by atoms with Gasteiger partial charge >= 0.3 is 0 Å². The van der Waals surface area contributed by atoms with E-state index in [1.165, 1.54) is 5.56 Å². The van der Waals surface area contributed by atoms with Crippen molar-refractivity contribution in [2.45, 2.75) is 26.2 Å². The van der Waals surface area contributed by atoms with E-state index in [0.717, 1.165) is 5.69 Å². The van der Waals surface area contributed by atoms with E-state index in [0.29, 0.717) is 36.1 Å². The highest BCUT2D eigenvalue weighted by Crippen LogP contribution is 2.28. The molecule has 2 N–H and O–H groups in total. The molecule has 1 amide bonds. The Hall–Kier alpha value is -2.69. The van der Waals surface area contributed by atoms with Gasteiger partial charge in [-0.05, 0) is 35.7 Å². The highest BCUT2D eigenvalue weighted by atomic mass is 16.5. The van der Waals surface area contributed by atoms with Crippen LogP contribution in [0.2, 0.25) is 0 Å². The van der Waals surface area contributed by atoms with Crippen molar-refractivity contribution < 1.29 is 14.3 Å². The number of carbonyl (C=O) groups is 1. The average Bonchev–Trinajstić information content (AvgIpc) is 2.62. The maximum Gasteiger partial charge on any atom is 0.226 e. The molecule has 25 heavy (non-hydrogen) atoms. The SMILES string of the molecule is COc1ccc(OC)c(NC(=O)CCNc2ccc(C(C)C)cc2)c1. The molecule has 0 aliphatic rings. The predicted octanol–water partition coefficient (Wildman–Crippen LogP) is 4.27. The summed E-state index contributed by atoms with van der Waals surface area (Å²) in [6.07, 6.45) is 0.353. The van der Waals surface area contributed by atoms with Crippen LogP contribution in [-0.2, 0) is 4.79 Å². The summed E-state index contributed by atoms with van der Waals surface area (Å²) in [5.41, 5.74) is 2.91. The lowest BCUT2D eigenvalue weighted by atomic mass is 10.0. The molecule has 0 unspecified atom stereocenters. The molecular formula is C20H26N2O3. The summed E-state index contributed by atoms with van der Waals surface area (Å²) in [4.78, 5) is 12.2. The Kier molecular flexibility index (Phi) is 6.69. The first-order valence-corrected chi connectivity index (χ1v) is 8.39. The number of ether oxygens (including phenoxy) is 2. The van der Waals surface area contributed by atoms with Crippen molar-refractivity contribution in [2.75, 3.05) is 31.4 Å². The fourth-order valence-corrected chi connectivity index (χ4v) is 2.43. The smallest absolute Gasteiger partial charge is 0.226 e. The fourth-order valence-electron chi connectivity index (χ4n) is 2.43. The second-order valence-electron chi connectivity index (χ2n) is 6.07. The van der Waals surface area contributed by atoms with Crippen LogP contribution in [-0.4, -0.2) is 26.7 Å². The molecule has 0 aliphatic heterocycles. The number of methoxy groups -OCH3 is 2. The maximum atomic E-state index is 12.2. The lowest BCUT2D eigenvalue weighted by Crippen LogP contribution is -2.16. The number of carbonyl (C=O) groups excluding carboxylic acids is 1. The first-order chi connectivity index (χ1) is 12.0. The molecule has 2 aromatic rings. The van der Waals surface area contributed by atoms with Gasteiger partial charge in [-0.15, -0.1) is 0 Å². The van der Waals surface area contributed by atoms with E-state index in [1.54, 1.807) is 32.4 Å². The second kappa shape index (κ2) is 8.97. The summed E-state index contributed by atoms with van der Waals surface area (Å²) >= 11 is 0. The van der Waals surface area contributed by atoms with Gasteiger partial charge in [-0.3, -0.25) is 4.79 Å². The highest BCUT2D eigenvalue weighted by Gasteiger charge is 2.09. The van der Waals surface area contributed by atoms with Gasteiger partial charge in [0.25, 0.3) is 0 Å². The van der Waals surface area contributed by atoms with Gasteiger partial charge in [0.05, 0.1) is 19.9 Å².